The molecule has 0 radical (unpaired) electrons. The molecule has 1 aliphatic rings. The van der Waals surface area contributed by atoms with Crippen LogP contribution in [0.2, 0.25) is 0 Å². The van der Waals surface area contributed by atoms with Crippen LogP contribution < -0.4 is 15.5 Å². The van der Waals surface area contributed by atoms with E-state index in [1.807, 2.05) is 12.1 Å². The summed E-state index contributed by atoms with van der Waals surface area (Å²) in [6.07, 6.45) is 1.62. The minimum atomic E-state index is 0.366. The van der Waals surface area contributed by atoms with Crippen molar-refractivity contribution in [3.63, 3.8) is 0 Å². The molecule has 5 nitrogen and oxygen atoms in total. The van der Waals surface area contributed by atoms with Gasteiger partial charge in [0.15, 0.2) is 5.82 Å². The molecule has 2 aromatic rings. The van der Waals surface area contributed by atoms with Gasteiger partial charge in [-0.15, -0.1) is 5.10 Å². The fourth-order valence-corrected chi connectivity index (χ4v) is 2.72. The lowest BCUT2D eigenvalue weighted by Gasteiger charge is -2.37. The van der Waals surface area contributed by atoms with Gasteiger partial charge in [0.1, 0.15) is 4.99 Å². The summed E-state index contributed by atoms with van der Waals surface area (Å²) in [7, 11) is 0. The normalized spacial score (nSPS) is 15.0. The van der Waals surface area contributed by atoms with Crippen molar-refractivity contribution in [2.24, 2.45) is 5.73 Å². The van der Waals surface area contributed by atoms with Gasteiger partial charge >= 0.3 is 0 Å². The lowest BCUT2D eigenvalue weighted by molar-refractivity contribution is 0.643. The maximum atomic E-state index is 5.77. The zero-order valence-electron chi connectivity index (χ0n) is 11.6. The third-order valence-corrected chi connectivity index (χ3v) is 3.89. The van der Waals surface area contributed by atoms with Gasteiger partial charge in [-0.1, -0.05) is 30.4 Å². The van der Waals surface area contributed by atoms with Crippen molar-refractivity contribution in [1.29, 1.82) is 0 Å². The Balaban J connectivity index is 1.73. The first-order valence-electron chi connectivity index (χ1n) is 6.92. The van der Waals surface area contributed by atoms with E-state index in [1.54, 1.807) is 6.20 Å². The van der Waals surface area contributed by atoms with Gasteiger partial charge in [-0.3, -0.25) is 0 Å². The van der Waals surface area contributed by atoms with E-state index in [0.717, 1.165) is 37.6 Å². The SMILES string of the molecule is NC(=S)c1ccnnc1N1CCN(c2ccccc2)CC1. The van der Waals surface area contributed by atoms with Crippen LogP contribution in [0.15, 0.2) is 42.6 Å². The van der Waals surface area contributed by atoms with Crippen molar-refractivity contribution in [3.05, 3.63) is 48.2 Å². The van der Waals surface area contributed by atoms with Crippen LogP contribution in [-0.2, 0) is 0 Å². The number of para-hydroxylation sites is 1. The van der Waals surface area contributed by atoms with Crippen LogP contribution in [0.1, 0.15) is 5.56 Å². The number of piperazine rings is 1. The number of thiocarbonyl (C=S) groups is 1. The maximum Gasteiger partial charge on any atom is 0.161 e. The number of hydrogen-bond donors (Lipinski definition) is 1. The van der Waals surface area contributed by atoms with Crippen molar-refractivity contribution in [2.45, 2.75) is 0 Å². The fourth-order valence-electron chi connectivity index (χ4n) is 2.57. The molecule has 0 amide bonds. The third kappa shape index (κ3) is 2.95. The molecular formula is C15H17N5S. The smallest absolute Gasteiger partial charge is 0.161 e. The number of rotatable bonds is 3. The maximum absolute atomic E-state index is 5.77. The average molecular weight is 299 g/mol. The monoisotopic (exact) mass is 299 g/mol. The van der Waals surface area contributed by atoms with Crippen molar-refractivity contribution in [1.82, 2.24) is 10.2 Å². The Morgan fingerprint density at radius 1 is 1.00 bits per heavy atom. The van der Waals surface area contributed by atoms with Crippen LogP contribution in [0.5, 0.6) is 0 Å². The van der Waals surface area contributed by atoms with Crippen molar-refractivity contribution in [2.75, 3.05) is 36.0 Å². The highest BCUT2D eigenvalue weighted by Gasteiger charge is 2.21. The Morgan fingerprint density at radius 3 is 2.33 bits per heavy atom. The van der Waals surface area contributed by atoms with Gasteiger partial charge < -0.3 is 15.5 Å². The minimum absolute atomic E-state index is 0.366. The first-order chi connectivity index (χ1) is 10.3. The standard InChI is InChI=1S/C15H17N5S/c16-14(21)13-6-7-17-18-15(13)20-10-8-19(9-11-20)12-4-2-1-3-5-12/h1-7H,8-11H2,(H2,16,21). The molecule has 1 aromatic carbocycles. The summed E-state index contributed by atoms with van der Waals surface area (Å²) >= 11 is 5.09. The molecule has 0 spiro atoms. The van der Waals surface area contributed by atoms with Crippen LogP contribution in [0, 0.1) is 0 Å². The minimum Gasteiger partial charge on any atom is -0.389 e. The summed E-state index contributed by atoms with van der Waals surface area (Å²) in [5.41, 5.74) is 7.82. The highest BCUT2D eigenvalue weighted by atomic mass is 32.1. The lowest BCUT2D eigenvalue weighted by Crippen LogP contribution is -2.47. The van der Waals surface area contributed by atoms with Crippen molar-refractivity contribution >= 4 is 28.7 Å². The highest BCUT2D eigenvalue weighted by molar-refractivity contribution is 7.80. The summed E-state index contributed by atoms with van der Waals surface area (Å²) in [4.78, 5) is 4.93. The molecule has 6 heteroatoms. The van der Waals surface area contributed by atoms with E-state index in [-0.39, 0.29) is 0 Å². The summed E-state index contributed by atoms with van der Waals surface area (Å²) in [6.45, 7) is 3.64. The fraction of sp³-hybridized carbons (Fsp3) is 0.267. The van der Waals surface area contributed by atoms with E-state index in [1.165, 1.54) is 5.69 Å². The van der Waals surface area contributed by atoms with E-state index >= 15 is 0 Å². The molecule has 2 heterocycles. The molecule has 2 N–H and O–H groups in total. The predicted octanol–water partition coefficient (Wildman–Crippen LogP) is 1.44. The number of benzene rings is 1. The number of aromatic nitrogens is 2. The van der Waals surface area contributed by atoms with Crippen LogP contribution >= 0.6 is 12.2 Å². The van der Waals surface area contributed by atoms with Crippen LogP contribution in [0.3, 0.4) is 0 Å². The quantitative estimate of drug-likeness (QED) is 0.866. The van der Waals surface area contributed by atoms with Crippen LogP contribution in [-0.4, -0.2) is 41.4 Å². The Labute approximate surface area is 129 Å². The second-order valence-corrected chi connectivity index (χ2v) is 5.38. The molecule has 1 saturated heterocycles. The van der Waals surface area contributed by atoms with E-state index < -0.39 is 0 Å². The number of hydrogen-bond acceptors (Lipinski definition) is 5. The second-order valence-electron chi connectivity index (χ2n) is 4.94. The summed E-state index contributed by atoms with van der Waals surface area (Å²) in [5, 5.41) is 8.17. The van der Waals surface area contributed by atoms with Crippen LogP contribution in [0.4, 0.5) is 11.5 Å². The molecule has 1 aliphatic heterocycles. The van der Waals surface area contributed by atoms with Gasteiger partial charge in [-0.25, -0.2) is 0 Å². The summed E-state index contributed by atoms with van der Waals surface area (Å²) in [6, 6.07) is 12.3. The third-order valence-electron chi connectivity index (χ3n) is 3.67. The van der Waals surface area contributed by atoms with Crippen molar-refractivity contribution in [3.8, 4) is 0 Å². The zero-order chi connectivity index (χ0) is 14.7. The van der Waals surface area contributed by atoms with Gasteiger partial charge in [0.05, 0.1) is 11.8 Å². The Morgan fingerprint density at radius 2 is 1.67 bits per heavy atom. The first-order valence-corrected chi connectivity index (χ1v) is 7.33. The Hall–Kier alpha value is -2.21. The number of nitrogens with two attached hydrogens (primary N) is 1. The molecule has 0 unspecified atom stereocenters. The molecule has 3 rings (SSSR count). The number of nitrogens with zero attached hydrogens (tertiary/aromatic N) is 4. The molecule has 0 atom stereocenters. The molecule has 1 aromatic heterocycles. The molecular weight excluding hydrogens is 282 g/mol. The van der Waals surface area contributed by atoms with E-state index in [4.69, 9.17) is 18.0 Å². The van der Waals surface area contributed by atoms with Gasteiger partial charge in [-0.05, 0) is 18.2 Å². The molecule has 21 heavy (non-hydrogen) atoms. The Kier molecular flexibility index (Phi) is 3.96. The molecule has 0 saturated carbocycles. The van der Waals surface area contributed by atoms with E-state index in [9.17, 15) is 0 Å². The van der Waals surface area contributed by atoms with Gasteiger partial charge in [-0.2, -0.15) is 5.10 Å². The van der Waals surface area contributed by atoms with Crippen LogP contribution in [0.25, 0.3) is 0 Å². The van der Waals surface area contributed by atoms with Gasteiger partial charge in [0.25, 0.3) is 0 Å². The average Bonchev–Trinajstić information content (AvgIpc) is 2.56. The summed E-state index contributed by atoms with van der Waals surface area (Å²) in [5.74, 6) is 0.790. The molecule has 108 valence electrons. The van der Waals surface area contributed by atoms with E-state index in [2.05, 4.69) is 44.3 Å². The topological polar surface area (TPSA) is 58.3 Å². The molecule has 0 bridgehead atoms. The Bertz CT molecular complexity index is 623. The largest absolute Gasteiger partial charge is 0.389 e. The number of anilines is 2. The lowest BCUT2D eigenvalue weighted by atomic mass is 10.2. The zero-order valence-corrected chi connectivity index (χ0v) is 12.5. The summed E-state index contributed by atoms with van der Waals surface area (Å²) < 4.78 is 0. The highest BCUT2D eigenvalue weighted by Crippen LogP contribution is 2.21. The predicted molar refractivity (Wildman–Crippen MR) is 88.8 cm³/mol. The van der Waals surface area contributed by atoms with E-state index in [0.29, 0.717) is 4.99 Å². The second kappa shape index (κ2) is 6.05. The molecule has 0 aliphatic carbocycles. The first kappa shape index (κ1) is 13.8. The van der Waals surface area contributed by atoms with Crippen molar-refractivity contribution < 1.29 is 0 Å². The van der Waals surface area contributed by atoms with Gasteiger partial charge in [0.2, 0.25) is 0 Å². The van der Waals surface area contributed by atoms with Gasteiger partial charge in [0, 0.05) is 31.9 Å². The molecule has 1 fully saturated rings.